The van der Waals surface area contributed by atoms with Crippen molar-refractivity contribution < 1.29 is 9.53 Å². The number of carbonyl (C=O) groups is 1. The zero-order valence-corrected chi connectivity index (χ0v) is 8.51. The van der Waals surface area contributed by atoms with Crippen LogP contribution in [0, 0.1) is 5.92 Å². The molecule has 1 atom stereocenters. The Morgan fingerprint density at radius 2 is 2.23 bits per heavy atom. The van der Waals surface area contributed by atoms with E-state index >= 15 is 0 Å². The molecule has 1 aliphatic carbocycles. The van der Waals surface area contributed by atoms with Gasteiger partial charge in [-0.2, -0.15) is 0 Å². The number of carbonyl (C=O) groups excluding carboxylic acids is 1. The smallest absolute Gasteiger partial charge is 0.407 e. The quantitative estimate of drug-likeness (QED) is 0.713. The van der Waals surface area contributed by atoms with E-state index in [0.717, 1.165) is 18.8 Å². The molecule has 0 spiro atoms. The maximum absolute atomic E-state index is 11.1. The van der Waals surface area contributed by atoms with Crippen molar-refractivity contribution in [3.8, 4) is 0 Å². The Balaban J connectivity index is 2.17. The van der Waals surface area contributed by atoms with Crippen molar-refractivity contribution in [3.05, 3.63) is 0 Å². The van der Waals surface area contributed by atoms with Crippen LogP contribution < -0.4 is 5.32 Å². The highest BCUT2D eigenvalue weighted by molar-refractivity contribution is 5.67. The molecule has 0 bridgehead atoms. The predicted octanol–water partition coefficient (Wildman–Crippen LogP) is 2.31. The summed E-state index contributed by atoms with van der Waals surface area (Å²) in [4.78, 5) is 11.1. The average molecular weight is 185 g/mol. The third-order valence-electron chi connectivity index (χ3n) is 2.40. The van der Waals surface area contributed by atoms with Gasteiger partial charge in [0.25, 0.3) is 0 Å². The molecular formula is C10H19NO2. The zero-order valence-electron chi connectivity index (χ0n) is 8.51. The lowest BCUT2D eigenvalue weighted by atomic mass is 10.1. The van der Waals surface area contributed by atoms with E-state index in [1.165, 1.54) is 12.8 Å². The van der Waals surface area contributed by atoms with Gasteiger partial charge >= 0.3 is 6.09 Å². The van der Waals surface area contributed by atoms with Crippen molar-refractivity contribution in [3.63, 3.8) is 0 Å². The van der Waals surface area contributed by atoms with Gasteiger partial charge in [-0.05, 0) is 25.7 Å². The maximum Gasteiger partial charge on any atom is 0.407 e. The molecule has 3 nitrogen and oxygen atoms in total. The van der Waals surface area contributed by atoms with Crippen LogP contribution in [0.2, 0.25) is 0 Å². The van der Waals surface area contributed by atoms with Crippen molar-refractivity contribution >= 4 is 6.09 Å². The van der Waals surface area contributed by atoms with E-state index in [0.29, 0.717) is 12.6 Å². The summed E-state index contributed by atoms with van der Waals surface area (Å²) in [5, 5.41) is 2.88. The molecule has 0 aromatic rings. The van der Waals surface area contributed by atoms with E-state index < -0.39 is 0 Å². The van der Waals surface area contributed by atoms with Crippen LogP contribution in [0.15, 0.2) is 0 Å². The summed E-state index contributed by atoms with van der Waals surface area (Å²) >= 11 is 0. The molecule has 1 amide bonds. The molecule has 1 rings (SSSR count). The molecule has 0 aliphatic heterocycles. The normalized spacial score (nSPS) is 18.0. The van der Waals surface area contributed by atoms with Crippen LogP contribution in [0.25, 0.3) is 0 Å². The monoisotopic (exact) mass is 185 g/mol. The Hall–Kier alpha value is -0.730. The third-order valence-corrected chi connectivity index (χ3v) is 2.40. The molecule has 1 unspecified atom stereocenters. The molecule has 0 heterocycles. The second-order valence-electron chi connectivity index (χ2n) is 3.65. The van der Waals surface area contributed by atoms with E-state index in [9.17, 15) is 4.79 Å². The van der Waals surface area contributed by atoms with Crippen LogP contribution in [-0.2, 0) is 4.74 Å². The van der Waals surface area contributed by atoms with Gasteiger partial charge in [-0.1, -0.05) is 19.8 Å². The van der Waals surface area contributed by atoms with Crippen molar-refractivity contribution in [2.24, 2.45) is 5.92 Å². The number of rotatable bonds is 5. The third kappa shape index (κ3) is 4.15. The average Bonchev–Trinajstić information content (AvgIpc) is 2.87. The lowest BCUT2D eigenvalue weighted by Gasteiger charge is -2.15. The minimum absolute atomic E-state index is 0.269. The maximum atomic E-state index is 11.1. The number of hydrogen-bond donors (Lipinski definition) is 1. The summed E-state index contributed by atoms with van der Waals surface area (Å²) in [6.07, 6.45) is 4.52. The summed E-state index contributed by atoms with van der Waals surface area (Å²) in [6, 6.07) is 0.312. The van der Waals surface area contributed by atoms with E-state index in [1.807, 2.05) is 6.92 Å². The Morgan fingerprint density at radius 1 is 1.54 bits per heavy atom. The summed E-state index contributed by atoms with van der Waals surface area (Å²) < 4.78 is 4.83. The molecule has 0 aromatic heterocycles. The molecule has 76 valence electrons. The first-order valence-electron chi connectivity index (χ1n) is 5.19. The second-order valence-corrected chi connectivity index (χ2v) is 3.65. The lowest BCUT2D eigenvalue weighted by molar-refractivity contribution is 0.146. The summed E-state index contributed by atoms with van der Waals surface area (Å²) in [5.74, 6) is 0.854. The fourth-order valence-corrected chi connectivity index (χ4v) is 1.42. The number of ether oxygens (including phenoxy) is 1. The first-order valence-corrected chi connectivity index (χ1v) is 5.19. The van der Waals surface area contributed by atoms with E-state index in [1.54, 1.807) is 0 Å². The van der Waals surface area contributed by atoms with Crippen LogP contribution in [-0.4, -0.2) is 18.7 Å². The summed E-state index contributed by atoms with van der Waals surface area (Å²) in [5.41, 5.74) is 0. The van der Waals surface area contributed by atoms with Gasteiger partial charge in [-0.25, -0.2) is 4.79 Å². The van der Waals surface area contributed by atoms with Gasteiger partial charge in [0.2, 0.25) is 0 Å². The topological polar surface area (TPSA) is 38.3 Å². The molecule has 1 aliphatic rings. The van der Waals surface area contributed by atoms with Gasteiger partial charge in [0.05, 0.1) is 6.61 Å². The molecule has 1 fully saturated rings. The standard InChI is InChI=1S/C10H19NO2/c1-3-9(7-8-5-6-8)11-10(12)13-4-2/h8-9H,3-7H2,1-2H3,(H,11,12). The molecule has 1 saturated carbocycles. The molecule has 0 saturated heterocycles. The molecule has 13 heavy (non-hydrogen) atoms. The highest BCUT2D eigenvalue weighted by Crippen LogP contribution is 2.33. The van der Waals surface area contributed by atoms with E-state index in [4.69, 9.17) is 4.74 Å². The van der Waals surface area contributed by atoms with Gasteiger partial charge in [0.15, 0.2) is 0 Å². The second kappa shape index (κ2) is 5.10. The Labute approximate surface area is 79.8 Å². The minimum atomic E-state index is -0.269. The molecule has 1 N–H and O–H groups in total. The Kier molecular flexibility index (Phi) is 4.06. The largest absolute Gasteiger partial charge is 0.450 e. The van der Waals surface area contributed by atoms with E-state index in [-0.39, 0.29) is 6.09 Å². The van der Waals surface area contributed by atoms with Crippen LogP contribution in [0.4, 0.5) is 4.79 Å². The van der Waals surface area contributed by atoms with Crippen molar-refractivity contribution in [2.45, 2.75) is 45.6 Å². The fourth-order valence-electron chi connectivity index (χ4n) is 1.42. The van der Waals surface area contributed by atoms with Gasteiger partial charge in [0.1, 0.15) is 0 Å². The highest BCUT2D eigenvalue weighted by atomic mass is 16.5. The van der Waals surface area contributed by atoms with Crippen LogP contribution in [0.5, 0.6) is 0 Å². The highest BCUT2D eigenvalue weighted by Gasteiger charge is 2.25. The van der Waals surface area contributed by atoms with Crippen LogP contribution >= 0.6 is 0 Å². The Morgan fingerprint density at radius 3 is 2.69 bits per heavy atom. The summed E-state index contributed by atoms with van der Waals surface area (Å²) in [6.45, 7) is 4.37. The number of alkyl carbamates (subject to hydrolysis) is 1. The lowest BCUT2D eigenvalue weighted by Crippen LogP contribution is -2.35. The minimum Gasteiger partial charge on any atom is -0.450 e. The predicted molar refractivity (Wildman–Crippen MR) is 51.6 cm³/mol. The first-order chi connectivity index (χ1) is 6.26. The molecule has 0 radical (unpaired) electrons. The van der Waals surface area contributed by atoms with Crippen molar-refractivity contribution in [2.75, 3.05) is 6.61 Å². The Bertz CT molecular complexity index is 166. The summed E-state index contributed by atoms with van der Waals surface area (Å²) in [7, 11) is 0. The fraction of sp³-hybridized carbons (Fsp3) is 0.900. The number of hydrogen-bond acceptors (Lipinski definition) is 2. The van der Waals surface area contributed by atoms with Gasteiger partial charge in [0, 0.05) is 6.04 Å². The molecule has 0 aromatic carbocycles. The SMILES string of the molecule is CCOC(=O)NC(CC)CC1CC1. The van der Waals surface area contributed by atoms with Crippen molar-refractivity contribution in [1.82, 2.24) is 5.32 Å². The number of nitrogens with one attached hydrogen (secondary N) is 1. The van der Waals surface area contributed by atoms with Crippen molar-refractivity contribution in [1.29, 1.82) is 0 Å². The van der Waals surface area contributed by atoms with Crippen LogP contribution in [0.3, 0.4) is 0 Å². The van der Waals surface area contributed by atoms with Crippen LogP contribution in [0.1, 0.15) is 39.5 Å². The number of amides is 1. The first kappa shape index (κ1) is 10.4. The van der Waals surface area contributed by atoms with Gasteiger partial charge < -0.3 is 10.1 Å². The van der Waals surface area contributed by atoms with E-state index in [2.05, 4.69) is 12.2 Å². The molecular weight excluding hydrogens is 166 g/mol. The van der Waals surface area contributed by atoms with Gasteiger partial charge in [-0.3, -0.25) is 0 Å². The van der Waals surface area contributed by atoms with Gasteiger partial charge in [-0.15, -0.1) is 0 Å². The zero-order chi connectivity index (χ0) is 9.68. The molecule has 3 heteroatoms.